The standard InChI is InChI=1S/C15H13FINS/c16-11-5-6-14(13(17)8-11)18-9-12-7-10-3-1-2-4-15(10)19-12/h1-6,8,12,18H,7,9H2. The van der Waals surface area contributed by atoms with Gasteiger partial charge in [0.05, 0.1) is 0 Å². The minimum Gasteiger partial charge on any atom is -0.383 e. The van der Waals surface area contributed by atoms with Crippen molar-refractivity contribution in [2.24, 2.45) is 0 Å². The molecule has 1 N–H and O–H groups in total. The van der Waals surface area contributed by atoms with Crippen molar-refractivity contribution in [1.29, 1.82) is 0 Å². The Morgan fingerprint density at radius 2 is 2.11 bits per heavy atom. The van der Waals surface area contributed by atoms with Gasteiger partial charge in [0.15, 0.2) is 0 Å². The summed E-state index contributed by atoms with van der Waals surface area (Å²) in [7, 11) is 0. The smallest absolute Gasteiger partial charge is 0.124 e. The summed E-state index contributed by atoms with van der Waals surface area (Å²) in [6.07, 6.45) is 1.10. The van der Waals surface area contributed by atoms with Gasteiger partial charge >= 0.3 is 0 Å². The maximum Gasteiger partial charge on any atom is 0.124 e. The summed E-state index contributed by atoms with van der Waals surface area (Å²) in [5, 5.41) is 3.98. The highest BCUT2D eigenvalue weighted by molar-refractivity contribution is 14.1. The summed E-state index contributed by atoms with van der Waals surface area (Å²) in [5.41, 5.74) is 2.45. The van der Waals surface area contributed by atoms with Crippen molar-refractivity contribution >= 4 is 40.0 Å². The molecule has 4 heteroatoms. The van der Waals surface area contributed by atoms with Gasteiger partial charge in [-0.05, 0) is 58.8 Å². The Bertz CT molecular complexity index is 577. The fourth-order valence-electron chi connectivity index (χ4n) is 2.22. The Morgan fingerprint density at radius 1 is 1.26 bits per heavy atom. The van der Waals surface area contributed by atoms with Crippen molar-refractivity contribution in [3.8, 4) is 0 Å². The van der Waals surface area contributed by atoms with E-state index in [2.05, 4.69) is 52.2 Å². The average molecular weight is 385 g/mol. The number of fused-ring (bicyclic) bond motifs is 1. The van der Waals surface area contributed by atoms with Crippen LogP contribution in [0.1, 0.15) is 5.56 Å². The van der Waals surface area contributed by atoms with Crippen LogP contribution in [-0.2, 0) is 6.42 Å². The second-order valence-electron chi connectivity index (χ2n) is 4.56. The van der Waals surface area contributed by atoms with E-state index in [9.17, 15) is 4.39 Å². The molecule has 0 radical (unpaired) electrons. The van der Waals surface area contributed by atoms with Crippen molar-refractivity contribution < 1.29 is 4.39 Å². The van der Waals surface area contributed by atoms with E-state index >= 15 is 0 Å². The first kappa shape index (κ1) is 13.2. The monoisotopic (exact) mass is 385 g/mol. The predicted octanol–water partition coefficient (Wildman–Crippen LogP) is 4.56. The highest BCUT2D eigenvalue weighted by atomic mass is 127. The predicted molar refractivity (Wildman–Crippen MR) is 87.4 cm³/mol. The number of rotatable bonds is 3. The van der Waals surface area contributed by atoms with E-state index in [0.29, 0.717) is 5.25 Å². The number of halogens is 2. The molecule has 3 rings (SSSR count). The molecule has 0 saturated heterocycles. The molecule has 1 unspecified atom stereocenters. The van der Waals surface area contributed by atoms with Crippen molar-refractivity contribution in [2.45, 2.75) is 16.6 Å². The van der Waals surface area contributed by atoms with E-state index in [1.54, 1.807) is 6.07 Å². The highest BCUT2D eigenvalue weighted by Crippen LogP contribution is 2.36. The highest BCUT2D eigenvalue weighted by Gasteiger charge is 2.21. The van der Waals surface area contributed by atoms with Gasteiger partial charge in [0.2, 0.25) is 0 Å². The first-order valence-electron chi connectivity index (χ1n) is 6.16. The Morgan fingerprint density at radius 3 is 2.89 bits per heavy atom. The summed E-state index contributed by atoms with van der Waals surface area (Å²) in [4.78, 5) is 1.39. The van der Waals surface area contributed by atoms with Gasteiger partial charge in [-0.1, -0.05) is 18.2 Å². The molecule has 1 heterocycles. The van der Waals surface area contributed by atoms with Crippen LogP contribution in [0, 0.1) is 9.39 Å². The van der Waals surface area contributed by atoms with E-state index in [-0.39, 0.29) is 5.82 Å². The number of nitrogens with one attached hydrogen (secondary N) is 1. The van der Waals surface area contributed by atoms with Crippen LogP contribution in [0.2, 0.25) is 0 Å². The molecule has 1 atom stereocenters. The number of hydrogen-bond acceptors (Lipinski definition) is 2. The van der Waals surface area contributed by atoms with E-state index in [1.165, 1.54) is 16.5 Å². The molecule has 0 aromatic heterocycles. The average Bonchev–Trinajstić information content (AvgIpc) is 2.80. The molecule has 0 bridgehead atoms. The molecule has 1 nitrogen and oxygen atoms in total. The summed E-state index contributed by atoms with van der Waals surface area (Å²) in [6, 6.07) is 13.4. The molecule has 19 heavy (non-hydrogen) atoms. The van der Waals surface area contributed by atoms with E-state index < -0.39 is 0 Å². The van der Waals surface area contributed by atoms with Gasteiger partial charge in [-0.25, -0.2) is 4.39 Å². The van der Waals surface area contributed by atoms with E-state index in [1.807, 2.05) is 17.8 Å². The third-order valence-corrected chi connectivity index (χ3v) is 5.38. The lowest BCUT2D eigenvalue weighted by Crippen LogP contribution is -2.16. The minimum atomic E-state index is -0.183. The SMILES string of the molecule is Fc1ccc(NCC2Cc3ccccc3S2)c(I)c1. The second-order valence-corrected chi connectivity index (χ2v) is 7.06. The molecule has 0 aliphatic carbocycles. The molecule has 0 spiro atoms. The summed E-state index contributed by atoms with van der Waals surface area (Å²) < 4.78 is 14.0. The largest absolute Gasteiger partial charge is 0.383 e. The van der Waals surface area contributed by atoms with Gasteiger partial charge in [-0.3, -0.25) is 0 Å². The van der Waals surface area contributed by atoms with Crippen molar-refractivity contribution in [3.05, 3.63) is 57.4 Å². The molecule has 1 aliphatic heterocycles. The Labute approximate surface area is 130 Å². The van der Waals surface area contributed by atoms with Gasteiger partial charge in [0.1, 0.15) is 5.82 Å². The van der Waals surface area contributed by atoms with Crippen molar-refractivity contribution in [2.75, 3.05) is 11.9 Å². The lowest BCUT2D eigenvalue weighted by Gasteiger charge is -2.12. The van der Waals surface area contributed by atoms with Gasteiger partial charge < -0.3 is 5.32 Å². The first-order chi connectivity index (χ1) is 9.22. The van der Waals surface area contributed by atoms with Crippen LogP contribution in [0.4, 0.5) is 10.1 Å². The van der Waals surface area contributed by atoms with Crippen molar-refractivity contribution in [1.82, 2.24) is 0 Å². The Balaban J connectivity index is 1.63. The van der Waals surface area contributed by atoms with Gasteiger partial charge in [0, 0.05) is 25.9 Å². The second kappa shape index (κ2) is 5.71. The van der Waals surface area contributed by atoms with Crippen LogP contribution in [-0.4, -0.2) is 11.8 Å². The lowest BCUT2D eigenvalue weighted by molar-refractivity contribution is 0.627. The first-order valence-corrected chi connectivity index (χ1v) is 8.12. The molecule has 0 fully saturated rings. The normalized spacial score (nSPS) is 17.3. The third kappa shape index (κ3) is 3.05. The number of benzene rings is 2. The fourth-order valence-corrected chi connectivity index (χ4v) is 4.14. The quantitative estimate of drug-likeness (QED) is 0.778. The Hall–Kier alpha value is -0.750. The van der Waals surface area contributed by atoms with Gasteiger partial charge in [-0.2, -0.15) is 0 Å². The fraction of sp³-hybridized carbons (Fsp3) is 0.200. The molecule has 0 saturated carbocycles. The van der Waals surface area contributed by atoms with Crippen LogP contribution in [0.25, 0.3) is 0 Å². The van der Waals surface area contributed by atoms with Crippen molar-refractivity contribution in [3.63, 3.8) is 0 Å². The maximum absolute atomic E-state index is 13.0. The summed E-state index contributed by atoms with van der Waals surface area (Å²) in [5.74, 6) is -0.183. The lowest BCUT2D eigenvalue weighted by atomic mass is 10.1. The van der Waals surface area contributed by atoms with Crippen LogP contribution >= 0.6 is 34.4 Å². The van der Waals surface area contributed by atoms with Crippen LogP contribution in [0.3, 0.4) is 0 Å². The maximum atomic E-state index is 13.0. The zero-order valence-corrected chi connectivity index (χ0v) is 13.2. The number of hydrogen-bond donors (Lipinski definition) is 1. The van der Waals surface area contributed by atoms with Crippen LogP contribution in [0.5, 0.6) is 0 Å². The molecule has 0 amide bonds. The summed E-state index contributed by atoms with van der Waals surface area (Å²) >= 11 is 4.09. The molecular weight excluding hydrogens is 372 g/mol. The zero-order valence-electron chi connectivity index (χ0n) is 10.2. The number of anilines is 1. The molecule has 98 valence electrons. The Kier molecular flexibility index (Phi) is 3.98. The molecule has 1 aliphatic rings. The molecule has 2 aromatic carbocycles. The van der Waals surface area contributed by atoms with Crippen LogP contribution in [0.15, 0.2) is 47.4 Å². The molecule has 2 aromatic rings. The third-order valence-electron chi connectivity index (χ3n) is 3.17. The van der Waals surface area contributed by atoms with E-state index in [4.69, 9.17) is 0 Å². The topological polar surface area (TPSA) is 12.0 Å². The molecular formula is C15H13FINS. The van der Waals surface area contributed by atoms with Gasteiger partial charge in [-0.15, -0.1) is 11.8 Å². The minimum absolute atomic E-state index is 0.183. The van der Waals surface area contributed by atoms with Crippen LogP contribution < -0.4 is 5.32 Å². The van der Waals surface area contributed by atoms with Gasteiger partial charge in [0.25, 0.3) is 0 Å². The zero-order chi connectivity index (χ0) is 13.2. The number of thioether (sulfide) groups is 1. The summed E-state index contributed by atoms with van der Waals surface area (Å²) in [6.45, 7) is 0.904. The van der Waals surface area contributed by atoms with E-state index in [0.717, 1.165) is 22.2 Å².